The first-order valence-corrected chi connectivity index (χ1v) is 8.18. The summed E-state index contributed by atoms with van der Waals surface area (Å²) in [5.41, 5.74) is 0.450. The zero-order valence-electron chi connectivity index (χ0n) is 14.9. The maximum Gasteiger partial charge on any atom is 0.410 e. The van der Waals surface area contributed by atoms with Crippen LogP contribution in [0.2, 0.25) is 0 Å². The maximum absolute atomic E-state index is 12.0. The summed E-state index contributed by atoms with van der Waals surface area (Å²) >= 11 is 0. The highest BCUT2D eigenvalue weighted by atomic mass is 16.6. The number of nitrogens with zero attached hydrogens (tertiary/aromatic N) is 3. The molecular formula is C17H23N3O5. The SMILES string of the molecule is COc1cc([N+](=O)[O-])ccc1N1CC2(CN(C(=O)OC(C)(C)C)C2)C1. The topological polar surface area (TPSA) is 85.2 Å². The Morgan fingerprint density at radius 2 is 1.88 bits per heavy atom. The Morgan fingerprint density at radius 1 is 1.24 bits per heavy atom. The number of non-ortho nitro benzene ring substituents is 1. The van der Waals surface area contributed by atoms with Gasteiger partial charge >= 0.3 is 6.09 Å². The summed E-state index contributed by atoms with van der Waals surface area (Å²) in [5, 5.41) is 10.9. The second kappa shape index (κ2) is 5.79. The average molecular weight is 349 g/mol. The molecule has 2 heterocycles. The fourth-order valence-corrected chi connectivity index (χ4v) is 3.39. The number of carbonyl (C=O) groups excluding carboxylic acids is 1. The lowest BCUT2D eigenvalue weighted by molar-refractivity contribution is -0.384. The van der Waals surface area contributed by atoms with Gasteiger partial charge in [-0.2, -0.15) is 0 Å². The summed E-state index contributed by atoms with van der Waals surface area (Å²) < 4.78 is 10.7. The molecule has 1 amide bonds. The molecule has 8 heteroatoms. The van der Waals surface area contributed by atoms with E-state index in [1.54, 1.807) is 11.0 Å². The molecule has 25 heavy (non-hydrogen) atoms. The number of nitro groups is 1. The second-order valence-corrected chi connectivity index (χ2v) is 7.81. The molecule has 0 unspecified atom stereocenters. The predicted molar refractivity (Wildman–Crippen MR) is 92.1 cm³/mol. The van der Waals surface area contributed by atoms with Crippen LogP contribution in [0.4, 0.5) is 16.2 Å². The van der Waals surface area contributed by atoms with E-state index in [-0.39, 0.29) is 17.2 Å². The van der Waals surface area contributed by atoms with E-state index in [4.69, 9.17) is 9.47 Å². The standard InChI is InChI=1S/C17H23N3O5/c1-16(2,3)25-15(21)19-10-17(11-19)8-18(9-17)13-6-5-12(20(22)23)7-14(13)24-4/h5-7H,8-11H2,1-4H3. The van der Waals surface area contributed by atoms with Gasteiger partial charge in [0.15, 0.2) is 0 Å². The second-order valence-electron chi connectivity index (χ2n) is 7.81. The normalized spacial score (nSPS) is 18.4. The Hall–Kier alpha value is -2.51. The lowest BCUT2D eigenvalue weighted by Gasteiger charge is -2.60. The molecule has 2 aliphatic rings. The summed E-state index contributed by atoms with van der Waals surface area (Å²) in [6.07, 6.45) is -0.274. The fourth-order valence-electron chi connectivity index (χ4n) is 3.39. The predicted octanol–water partition coefficient (Wildman–Crippen LogP) is 2.66. The van der Waals surface area contributed by atoms with Crippen LogP contribution in [0, 0.1) is 15.5 Å². The molecule has 1 spiro atoms. The zero-order chi connectivity index (χ0) is 18.4. The Bertz CT molecular complexity index is 699. The fraction of sp³-hybridized carbons (Fsp3) is 0.588. The van der Waals surface area contributed by atoms with Crippen LogP contribution in [-0.4, -0.2) is 54.8 Å². The average Bonchev–Trinajstić information content (AvgIpc) is 2.42. The molecule has 2 fully saturated rings. The van der Waals surface area contributed by atoms with Gasteiger partial charge in [0.1, 0.15) is 11.4 Å². The van der Waals surface area contributed by atoms with Crippen molar-refractivity contribution >= 4 is 17.5 Å². The summed E-state index contributed by atoms with van der Waals surface area (Å²) in [7, 11) is 1.51. The van der Waals surface area contributed by atoms with Crippen LogP contribution in [0.1, 0.15) is 20.8 Å². The molecule has 0 N–H and O–H groups in total. The van der Waals surface area contributed by atoms with Gasteiger partial charge in [0, 0.05) is 37.7 Å². The zero-order valence-corrected chi connectivity index (χ0v) is 14.9. The summed E-state index contributed by atoms with van der Waals surface area (Å²) in [6, 6.07) is 4.64. The number of methoxy groups -OCH3 is 1. The third kappa shape index (κ3) is 3.33. The van der Waals surface area contributed by atoms with E-state index in [0.717, 1.165) is 18.8 Å². The largest absolute Gasteiger partial charge is 0.494 e. The number of hydrogen-bond acceptors (Lipinski definition) is 6. The molecule has 2 aliphatic heterocycles. The minimum absolute atomic E-state index is 0.00980. The van der Waals surface area contributed by atoms with E-state index < -0.39 is 10.5 Å². The molecule has 1 aromatic rings. The minimum atomic E-state index is -0.488. The number of carbonyl (C=O) groups is 1. The number of amides is 1. The summed E-state index contributed by atoms with van der Waals surface area (Å²) in [6.45, 7) is 8.49. The smallest absolute Gasteiger partial charge is 0.410 e. The molecule has 3 rings (SSSR count). The van der Waals surface area contributed by atoms with Gasteiger partial charge in [0.25, 0.3) is 5.69 Å². The molecule has 2 saturated heterocycles. The lowest BCUT2D eigenvalue weighted by atomic mass is 9.73. The van der Waals surface area contributed by atoms with Gasteiger partial charge < -0.3 is 19.3 Å². The highest BCUT2D eigenvalue weighted by molar-refractivity contribution is 5.71. The Morgan fingerprint density at radius 3 is 2.40 bits per heavy atom. The quantitative estimate of drug-likeness (QED) is 0.616. The number of nitro benzene ring substituents is 1. The first-order chi connectivity index (χ1) is 11.6. The molecule has 0 atom stereocenters. The highest BCUT2D eigenvalue weighted by Gasteiger charge is 2.54. The molecule has 0 aliphatic carbocycles. The number of anilines is 1. The number of ether oxygens (including phenoxy) is 2. The van der Waals surface area contributed by atoms with Gasteiger partial charge in [-0.3, -0.25) is 10.1 Å². The van der Waals surface area contributed by atoms with Crippen LogP contribution in [-0.2, 0) is 4.74 Å². The third-order valence-electron chi connectivity index (χ3n) is 4.47. The molecule has 8 nitrogen and oxygen atoms in total. The lowest BCUT2D eigenvalue weighted by Crippen LogP contribution is -2.73. The van der Waals surface area contributed by atoms with Crippen molar-refractivity contribution in [2.45, 2.75) is 26.4 Å². The van der Waals surface area contributed by atoms with Crippen LogP contribution in [0.5, 0.6) is 5.75 Å². The van der Waals surface area contributed by atoms with Gasteiger partial charge in [0.05, 0.1) is 23.8 Å². The Kier molecular flexibility index (Phi) is 4.01. The van der Waals surface area contributed by atoms with Gasteiger partial charge in [-0.05, 0) is 26.8 Å². The molecule has 136 valence electrons. The number of hydrogen-bond donors (Lipinski definition) is 0. The van der Waals surface area contributed by atoms with E-state index in [9.17, 15) is 14.9 Å². The molecule has 0 saturated carbocycles. The van der Waals surface area contributed by atoms with Crippen LogP contribution >= 0.6 is 0 Å². The van der Waals surface area contributed by atoms with Gasteiger partial charge in [0.2, 0.25) is 0 Å². The minimum Gasteiger partial charge on any atom is -0.494 e. The molecule has 0 bridgehead atoms. The van der Waals surface area contributed by atoms with E-state index >= 15 is 0 Å². The van der Waals surface area contributed by atoms with Gasteiger partial charge in [-0.15, -0.1) is 0 Å². The Balaban J connectivity index is 1.59. The van der Waals surface area contributed by atoms with Crippen molar-refractivity contribution in [1.29, 1.82) is 0 Å². The Labute approximate surface area is 146 Å². The number of rotatable bonds is 3. The molecular weight excluding hydrogens is 326 g/mol. The van der Waals surface area contributed by atoms with Crippen molar-refractivity contribution < 1.29 is 19.2 Å². The van der Waals surface area contributed by atoms with Crippen LogP contribution < -0.4 is 9.64 Å². The van der Waals surface area contributed by atoms with E-state index in [0.29, 0.717) is 18.8 Å². The maximum atomic E-state index is 12.0. The van der Waals surface area contributed by atoms with Crippen molar-refractivity contribution in [1.82, 2.24) is 4.90 Å². The van der Waals surface area contributed by atoms with Gasteiger partial charge in [-0.25, -0.2) is 4.79 Å². The third-order valence-corrected chi connectivity index (χ3v) is 4.47. The van der Waals surface area contributed by atoms with Crippen molar-refractivity contribution in [3.63, 3.8) is 0 Å². The molecule has 1 aromatic carbocycles. The summed E-state index contributed by atoms with van der Waals surface area (Å²) in [5.74, 6) is 0.493. The monoisotopic (exact) mass is 349 g/mol. The molecule has 0 radical (unpaired) electrons. The van der Waals surface area contributed by atoms with Crippen molar-refractivity contribution in [3.8, 4) is 5.75 Å². The van der Waals surface area contributed by atoms with Crippen LogP contribution in [0.3, 0.4) is 0 Å². The van der Waals surface area contributed by atoms with E-state index in [1.807, 2.05) is 20.8 Å². The van der Waals surface area contributed by atoms with E-state index in [1.165, 1.54) is 19.2 Å². The first-order valence-electron chi connectivity index (χ1n) is 8.18. The van der Waals surface area contributed by atoms with Crippen molar-refractivity contribution in [3.05, 3.63) is 28.3 Å². The molecule has 0 aromatic heterocycles. The van der Waals surface area contributed by atoms with E-state index in [2.05, 4.69) is 4.90 Å². The number of likely N-dealkylation sites (tertiary alicyclic amines) is 1. The van der Waals surface area contributed by atoms with Crippen molar-refractivity contribution in [2.24, 2.45) is 5.41 Å². The van der Waals surface area contributed by atoms with Crippen LogP contribution in [0.25, 0.3) is 0 Å². The summed E-state index contributed by atoms with van der Waals surface area (Å²) in [4.78, 5) is 26.3. The first kappa shape index (κ1) is 17.3. The highest BCUT2D eigenvalue weighted by Crippen LogP contribution is 2.45. The van der Waals surface area contributed by atoms with Crippen molar-refractivity contribution in [2.75, 3.05) is 38.2 Å². The van der Waals surface area contributed by atoms with Crippen LogP contribution in [0.15, 0.2) is 18.2 Å². The van der Waals surface area contributed by atoms with Gasteiger partial charge in [-0.1, -0.05) is 0 Å². The number of benzene rings is 1.